The highest BCUT2D eigenvalue weighted by molar-refractivity contribution is 6.29. The molecule has 0 fully saturated rings. The number of phenols is 1. The Morgan fingerprint density at radius 1 is 1.23 bits per heavy atom. The molecule has 6 nitrogen and oxygen atoms in total. The van der Waals surface area contributed by atoms with Crippen molar-refractivity contribution in [2.24, 2.45) is 0 Å². The summed E-state index contributed by atoms with van der Waals surface area (Å²) in [5, 5.41) is 25.6. The van der Waals surface area contributed by atoms with Crippen LogP contribution in [-0.2, 0) is 6.54 Å². The van der Waals surface area contributed by atoms with Crippen molar-refractivity contribution in [3.63, 3.8) is 0 Å². The monoisotopic (exact) mass is 317 g/mol. The molecule has 22 heavy (non-hydrogen) atoms. The van der Waals surface area contributed by atoms with E-state index in [0.29, 0.717) is 17.3 Å². The fourth-order valence-electron chi connectivity index (χ4n) is 2.17. The molecule has 0 saturated heterocycles. The van der Waals surface area contributed by atoms with Crippen LogP contribution in [0.25, 0.3) is 5.65 Å². The lowest BCUT2D eigenvalue weighted by atomic mass is 10.2. The number of aromatic nitrogens is 4. The molecular weight excluding hydrogens is 302 g/mol. The van der Waals surface area contributed by atoms with Gasteiger partial charge in [-0.05, 0) is 17.7 Å². The van der Waals surface area contributed by atoms with Crippen LogP contribution in [-0.4, -0.2) is 24.9 Å². The Hall–Kier alpha value is -2.34. The molecule has 7 heteroatoms. The molecule has 0 spiro atoms. The third-order valence-corrected chi connectivity index (χ3v) is 3.49. The number of fused-ring (bicyclic) bond motifs is 1. The fourth-order valence-corrected chi connectivity index (χ4v) is 2.35. The Balaban J connectivity index is 1.91. The molecule has 0 amide bonds. The van der Waals surface area contributed by atoms with Crippen LogP contribution in [0.1, 0.15) is 31.2 Å². The molecule has 3 rings (SSSR count). The first-order chi connectivity index (χ1) is 10.5. The fraction of sp³-hybridized carbons (Fsp3) is 0.267. The lowest BCUT2D eigenvalue weighted by Crippen LogP contribution is -2.05. The van der Waals surface area contributed by atoms with E-state index >= 15 is 0 Å². The quantitative estimate of drug-likeness (QED) is 0.772. The second-order valence-electron chi connectivity index (χ2n) is 5.35. The molecule has 2 heterocycles. The maximum atomic E-state index is 9.31. The molecule has 0 bridgehead atoms. The van der Waals surface area contributed by atoms with Gasteiger partial charge in [0.25, 0.3) is 0 Å². The molecule has 2 N–H and O–H groups in total. The molecule has 0 atom stereocenters. The van der Waals surface area contributed by atoms with Crippen LogP contribution < -0.4 is 5.32 Å². The number of aromatic hydroxyl groups is 1. The van der Waals surface area contributed by atoms with Gasteiger partial charge in [0.05, 0.1) is 5.69 Å². The normalized spacial score (nSPS) is 11.3. The number of halogens is 1. The molecule has 2 aromatic heterocycles. The number of benzene rings is 1. The molecule has 0 aliphatic rings. The zero-order chi connectivity index (χ0) is 15.7. The summed E-state index contributed by atoms with van der Waals surface area (Å²) in [6.07, 6.45) is 0. The average molecular weight is 318 g/mol. The number of nitrogens with zero attached hydrogens (tertiary/aromatic N) is 4. The molecule has 0 aliphatic heterocycles. The highest BCUT2D eigenvalue weighted by atomic mass is 35.5. The predicted molar refractivity (Wildman–Crippen MR) is 85.3 cm³/mol. The average Bonchev–Trinajstić information content (AvgIpc) is 2.90. The van der Waals surface area contributed by atoms with Gasteiger partial charge in [-0.3, -0.25) is 0 Å². The number of nitrogens with one attached hydrogen (secondary N) is 1. The Morgan fingerprint density at radius 3 is 2.64 bits per heavy atom. The number of rotatable bonds is 4. The van der Waals surface area contributed by atoms with E-state index in [-0.39, 0.29) is 11.7 Å². The van der Waals surface area contributed by atoms with Gasteiger partial charge < -0.3 is 10.4 Å². The smallest absolute Gasteiger partial charge is 0.201 e. The van der Waals surface area contributed by atoms with Gasteiger partial charge in [0.2, 0.25) is 5.65 Å². The summed E-state index contributed by atoms with van der Waals surface area (Å²) in [6.45, 7) is 4.64. The van der Waals surface area contributed by atoms with Crippen LogP contribution in [0.5, 0.6) is 5.75 Å². The lowest BCUT2D eigenvalue weighted by Gasteiger charge is -2.09. The number of phenolic OH excluding ortho intramolecular Hbond substituents is 1. The Bertz CT molecular complexity index is 798. The zero-order valence-electron chi connectivity index (χ0n) is 12.3. The van der Waals surface area contributed by atoms with Gasteiger partial charge in [0.1, 0.15) is 5.75 Å². The number of anilines is 1. The summed E-state index contributed by atoms with van der Waals surface area (Å²) in [5.74, 6) is 1.22. The zero-order valence-corrected chi connectivity index (χ0v) is 13.0. The largest absolute Gasteiger partial charge is 0.508 e. The van der Waals surface area contributed by atoms with Gasteiger partial charge >= 0.3 is 0 Å². The van der Waals surface area contributed by atoms with Crippen LogP contribution in [0.3, 0.4) is 0 Å². The molecule has 114 valence electrons. The summed E-state index contributed by atoms with van der Waals surface area (Å²) in [7, 11) is 0. The summed E-state index contributed by atoms with van der Waals surface area (Å²) < 4.78 is 1.67. The molecule has 0 saturated carbocycles. The molecule has 1 aromatic carbocycles. The van der Waals surface area contributed by atoms with E-state index in [1.807, 2.05) is 26.0 Å². The van der Waals surface area contributed by atoms with E-state index in [1.165, 1.54) is 0 Å². The Kier molecular flexibility index (Phi) is 3.85. The van der Waals surface area contributed by atoms with Gasteiger partial charge in [0, 0.05) is 18.5 Å². The second kappa shape index (κ2) is 5.81. The topological polar surface area (TPSA) is 75.3 Å². The third-order valence-electron chi connectivity index (χ3n) is 3.30. The van der Waals surface area contributed by atoms with E-state index in [9.17, 15) is 5.11 Å². The number of hydrogen-bond acceptors (Lipinski definition) is 5. The van der Waals surface area contributed by atoms with Crippen molar-refractivity contribution in [3.05, 3.63) is 46.9 Å². The molecular formula is C15H16ClN5O. The van der Waals surface area contributed by atoms with Crippen LogP contribution in [0.15, 0.2) is 30.3 Å². The minimum atomic E-state index is 0.200. The van der Waals surface area contributed by atoms with Crippen molar-refractivity contribution in [2.75, 3.05) is 5.32 Å². The molecule has 0 aliphatic carbocycles. The van der Waals surface area contributed by atoms with E-state index in [2.05, 4.69) is 20.6 Å². The van der Waals surface area contributed by atoms with E-state index in [4.69, 9.17) is 11.6 Å². The van der Waals surface area contributed by atoms with E-state index in [0.717, 1.165) is 17.1 Å². The number of hydrogen-bond donors (Lipinski definition) is 2. The van der Waals surface area contributed by atoms with Crippen LogP contribution in [0.2, 0.25) is 5.15 Å². The molecule has 3 aromatic rings. The standard InChI is InChI=1S/C15H16ClN5O/c1-9(2)14-18-19-15-12(7-13(16)20-21(14)15)17-8-10-3-5-11(22)6-4-10/h3-7,9,17,22H,8H2,1-2H3. The van der Waals surface area contributed by atoms with Crippen LogP contribution in [0.4, 0.5) is 5.69 Å². The van der Waals surface area contributed by atoms with Crippen molar-refractivity contribution in [1.29, 1.82) is 0 Å². The first kappa shape index (κ1) is 14.6. The first-order valence-corrected chi connectivity index (χ1v) is 7.36. The maximum absolute atomic E-state index is 9.31. The Morgan fingerprint density at radius 2 is 1.95 bits per heavy atom. The van der Waals surface area contributed by atoms with Gasteiger partial charge in [-0.2, -0.15) is 9.61 Å². The van der Waals surface area contributed by atoms with Crippen LogP contribution in [0, 0.1) is 0 Å². The molecule has 0 radical (unpaired) electrons. The highest BCUT2D eigenvalue weighted by Crippen LogP contribution is 2.22. The summed E-state index contributed by atoms with van der Waals surface area (Å²) >= 11 is 6.10. The van der Waals surface area contributed by atoms with Crippen molar-refractivity contribution in [2.45, 2.75) is 26.3 Å². The summed E-state index contributed by atoms with van der Waals surface area (Å²) in [4.78, 5) is 0. The summed E-state index contributed by atoms with van der Waals surface area (Å²) in [6, 6.07) is 8.74. The highest BCUT2D eigenvalue weighted by Gasteiger charge is 2.14. The lowest BCUT2D eigenvalue weighted by molar-refractivity contribution is 0.475. The minimum absolute atomic E-state index is 0.200. The second-order valence-corrected chi connectivity index (χ2v) is 5.74. The molecule has 0 unspecified atom stereocenters. The van der Waals surface area contributed by atoms with Crippen molar-refractivity contribution < 1.29 is 5.11 Å². The van der Waals surface area contributed by atoms with Gasteiger partial charge in [-0.15, -0.1) is 10.2 Å². The third kappa shape index (κ3) is 2.82. The van der Waals surface area contributed by atoms with Gasteiger partial charge in [0.15, 0.2) is 11.0 Å². The predicted octanol–water partition coefficient (Wildman–Crippen LogP) is 3.22. The first-order valence-electron chi connectivity index (χ1n) is 6.98. The maximum Gasteiger partial charge on any atom is 0.201 e. The van der Waals surface area contributed by atoms with Crippen LogP contribution >= 0.6 is 11.6 Å². The summed E-state index contributed by atoms with van der Waals surface area (Å²) in [5.41, 5.74) is 2.45. The Labute approximate surface area is 132 Å². The minimum Gasteiger partial charge on any atom is -0.508 e. The van der Waals surface area contributed by atoms with Crippen molar-refractivity contribution >= 4 is 22.9 Å². The van der Waals surface area contributed by atoms with E-state index in [1.54, 1.807) is 22.7 Å². The van der Waals surface area contributed by atoms with E-state index < -0.39 is 0 Å². The SMILES string of the molecule is CC(C)c1nnc2c(NCc3ccc(O)cc3)cc(Cl)nn12. The van der Waals surface area contributed by atoms with Gasteiger partial charge in [-0.25, -0.2) is 0 Å². The van der Waals surface area contributed by atoms with Crippen molar-refractivity contribution in [3.8, 4) is 5.75 Å². The van der Waals surface area contributed by atoms with Gasteiger partial charge in [-0.1, -0.05) is 37.6 Å². The van der Waals surface area contributed by atoms with Crippen molar-refractivity contribution in [1.82, 2.24) is 19.8 Å².